The Bertz CT molecular complexity index is 284. The average molecular weight is 284 g/mol. The molecule has 1 rings (SSSR count). The molecular weight excluding hydrogens is 252 g/mol. The molecule has 0 saturated heterocycles. The van der Waals surface area contributed by atoms with Gasteiger partial charge in [-0.3, -0.25) is 4.79 Å². The molecule has 1 aliphatic carbocycles. The maximum atomic E-state index is 11.7. The summed E-state index contributed by atoms with van der Waals surface area (Å²) in [7, 11) is 0. The van der Waals surface area contributed by atoms with Crippen LogP contribution in [0.3, 0.4) is 0 Å². The van der Waals surface area contributed by atoms with E-state index in [1.165, 1.54) is 25.7 Å². The monoisotopic (exact) mass is 284 g/mol. The van der Waals surface area contributed by atoms with E-state index in [1.54, 1.807) is 0 Å². The molecule has 0 radical (unpaired) electrons. The van der Waals surface area contributed by atoms with Crippen molar-refractivity contribution >= 4 is 5.91 Å². The molecule has 0 aromatic rings. The Labute approximate surface area is 123 Å². The van der Waals surface area contributed by atoms with Gasteiger partial charge in [0, 0.05) is 13.1 Å². The Balaban J connectivity index is 2.34. The number of nitrogens with two attached hydrogens (primary N) is 1. The number of hydrogen-bond acceptors (Lipinski definition) is 3. The standard InChI is InChI=1S/C16H32N2O2/c1-4-5-14-6-8-16(12-17,9-7-14)20-11-15(19)18-10-13(2)3/h13-14H,4-12,17H2,1-3H3,(H,18,19). The van der Waals surface area contributed by atoms with Gasteiger partial charge in [0.25, 0.3) is 0 Å². The third-order valence-electron chi connectivity index (χ3n) is 4.30. The molecule has 0 spiro atoms. The second kappa shape index (κ2) is 8.63. The molecule has 0 atom stereocenters. The van der Waals surface area contributed by atoms with Crippen molar-refractivity contribution < 1.29 is 9.53 Å². The highest BCUT2D eigenvalue weighted by molar-refractivity contribution is 5.77. The lowest BCUT2D eigenvalue weighted by Crippen LogP contribution is -2.46. The molecule has 0 heterocycles. The van der Waals surface area contributed by atoms with Gasteiger partial charge < -0.3 is 15.8 Å². The summed E-state index contributed by atoms with van der Waals surface area (Å²) in [4.78, 5) is 11.7. The lowest BCUT2D eigenvalue weighted by Gasteiger charge is -2.39. The summed E-state index contributed by atoms with van der Waals surface area (Å²) in [6, 6.07) is 0. The fourth-order valence-corrected chi connectivity index (χ4v) is 2.90. The van der Waals surface area contributed by atoms with Crippen LogP contribution in [-0.2, 0) is 9.53 Å². The van der Waals surface area contributed by atoms with E-state index in [-0.39, 0.29) is 18.1 Å². The van der Waals surface area contributed by atoms with E-state index in [4.69, 9.17) is 10.5 Å². The summed E-state index contributed by atoms with van der Waals surface area (Å²) in [5.41, 5.74) is 5.64. The minimum atomic E-state index is -0.264. The molecule has 0 unspecified atom stereocenters. The lowest BCUT2D eigenvalue weighted by atomic mass is 9.77. The predicted octanol–water partition coefficient (Wildman–Crippen LogP) is 2.46. The van der Waals surface area contributed by atoms with Gasteiger partial charge in [0.1, 0.15) is 6.61 Å². The predicted molar refractivity (Wildman–Crippen MR) is 82.5 cm³/mol. The first-order chi connectivity index (χ1) is 9.51. The molecule has 20 heavy (non-hydrogen) atoms. The van der Waals surface area contributed by atoms with Crippen LogP contribution in [0.2, 0.25) is 0 Å². The number of nitrogens with one attached hydrogen (secondary N) is 1. The summed E-state index contributed by atoms with van der Waals surface area (Å²) < 4.78 is 5.90. The molecule has 0 aromatic carbocycles. The number of amides is 1. The molecule has 4 nitrogen and oxygen atoms in total. The maximum absolute atomic E-state index is 11.7. The molecule has 118 valence electrons. The minimum Gasteiger partial charge on any atom is -0.364 e. The topological polar surface area (TPSA) is 64.3 Å². The zero-order valence-electron chi connectivity index (χ0n) is 13.4. The Morgan fingerprint density at radius 2 is 2.05 bits per heavy atom. The van der Waals surface area contributed by atoms with Crippen molar-refractivity contribution in [2.24, 2.45) is 17.6 Å². The SMILES string of the molecule is CCCC1CCC(CN)(OCC(=O)NCC(C)C)CC1. The van der Waals surface area contributed by atoms with Gasteiger partial charge in [-0.1, -0.05) is 33.6 Å². The Hall–Kier alpha value is -0.610. The van der Waals surface area contributed by atoms with Crippen molar-refractivity contribution in [2.75, 3.05) is 19.7 Å². The smallest absolute Gasteiger partial charge is 0.246 e. The third kappa shape index (κ3) is 5.80. The van der Waals surface area contributed by atoms with E-state index in [9.17, 15) is 4.79 Å². The van der Waals surface area contributed by atoms with Gasteiger partial charge in [-0.2, -0.15) is 0 Å². The van der Waals surface area contributed by atoms with Crippen LogP contribution < -0.4 is 11.1 Å². The zero-order chi connectivity index (χ0) is 15.0. The van der Waals surface area contributed by atoms with Gasteiger partial charge in [-0.05, 0) is 37.5 Å². The van der Waals surface area contributed by atoms with Crippen molar-refractivity contribution in [3.8, 4) is 0 Å². The van der Waals surface area contributed by atoms with Crippen molar-refractivity contribution in [3.63, 3.8) is 0 Å². The summed E-state index contributed by atoms with van der Waals surface area (Å²) >= 11 is 0. The fraction of sp³-hybridized carbons (Fsp3) is 0.938. The van der Waals surface area contributed by atoms with Gasteiger partial charge in [0.05, 0.1) is 5.60 Å². The van der Waals surface area contributed by atoms with E-state index in [1.807, 2.05) is 0 Å². The Kier molecular flexibility index (Phi) is 7.52. The normalized spacial score (nSPS) is 26.8. The zero-order valence-corrected chi connectivity index (χ0v) is 13.4. The molecule has 3 N–H and O–H groups in total. The Morgan fingerprint density at radius 1 is 1.40 bits per heavy atom. The first-order valence-corrected chi connectivity index (χ1v) is 8.12. The number of carbonyl (C=O) groups excluding carboxylic acids is 1. The number of rotatable bonds is 8. The molecule has 4 heteroatoms. The van der Waals surface area contributed by atoms with E-state index in [0.29, 0.717) is 19.0 Å². The summed E-state index contributed by atoms with van der Waals surface area (Å²) in [5, 5.41) is 2.89. The van der Waals surface area contributed by atoms with Crippen LogP contribution in [0.25, 0.3) is 0 Å². The molecule has 0 bridgehead atoms. The van der Waals surface area contributed by atoms with Crippen molar-refractivity contribution in [1.29, 1.82) is 0 Å². The van der Waals surface area contributed by atoms with Crippen LogP contribution in [0.4, 0.5) is 0 Å². The summed E-state index contributed by atoms with van der Waals surface area (Å²) in [5.74, 6) is 1.26. The van der Waals surface area contributed by atoms with Gasteiger partial charge >= 0.3 is 0 Å². The molecular formula is C16H32N2O2. The Morgan fingerprint density at radius 3 is 2.55 bits per heavy atom. The number of hydrogen-bond donors (Lipinski definition) is 2. The van der Waals surface area contributed by atoms with Crippen LogP contribution in [0, 0.1) is 11.8 Å². The highest BCUT2D eigenvalue weighted by atomic mass is 16.5. The fourth-order valence-electron chi connectivity index (χ4n) is 2.90. The van der Waals surface area contributed by atoms with Gasteiger partial charge in [-0.15, -0.1) is 0 Å². The highest BCUT2D eigenvalue weighted by Crippen LogP contribution is 2.36. The molecule has 1 amide bonds. The summed E-state index contributed by atoms with van der Waals surface area (Å²) in [6.07, 6.45) is 6.89. The molecule has 0 aromatic heterocycles. The largest absolute Gasteiger partial charge is 0.364 e. The van der Waals surface area contributed by atoms with Crippen molar-refractivity contribution in [2.45, 2.75) is 64.9 Å². The maximum Gasteiger partial charge on any atom is 0.246 e. The lowest BCUT2D eigenvalue weighted by molar-refractivity contribution is -0.136. The summed E-state index contributed by atoms with van der Waals surface area (Å²) in [6.45, 7) is 7.76. The van der Waals surface area contributed by atoms with Gasteiger partial charge in [0.2, 0.25) is 5.91 Å². The van der Waals surface area contributed by atoms with Crippen molar-refractivity contribution in [3.05, 3.63) is 0 Å². The molecule has 0 aliphatic heterocycles. The van der Waals surface area contributed by atoms with Crippen LogP contribution >= 0.6 is 0 Å². The van der Waals surface area contributed by atoms with Gasteiger partial charge in [-0.25, -0.2) is 0 Å². The number of carbonyl (C=O) groups is 1. The first-order valence-electron chi connectivity index (χ1n) is 8.12. The van der Waals surface area contributed by atoms with Crippen molar-refractivity contribution in [1.82, 2.24) is 5.32 Å². The van der Waals surface area contributed by atoms with Gasteiger partial charge in [0.15, 0.2) is 0 Å². The quantitative estimate of drug-likeness (QED) is 0.719. The average Bonchev–Trinajstić information content (AvgIpc) is 2.45. The second-order valence-corrected chi connectivity index (χ2v) is 6.61. The van der Waals surface area contributed by atoms with E-state index in [2.05, 4.69) is 26.1 Å². The van der Waals surface area contributed by atoms with E-state index < -0.39 is 0 Å². The molecule has 1 fully saturated rings. The van der Waals surface area contributed by atoms with Crippen LogP contribution in [0.5, 0.6) is 0 Å². The second-order valence-electron chi connectivity index (χ2n) is 6.61. The van der Waals surface area contributed by atoms with Crippen LogP contribution in [0.1, 0.15) is 59.3 Å². The van der Waals surface area contributed by atoms with E-state index in [0.717, 1.165) is 18.8 Å². The van der Waals surface area contributed by atoms with E-state index >= 15 is 0 Å². The minimum absolute atomic E-state index is 0.0257. The number of ether oxygens (including phenoxy) is 1. The molecule has 1 aliphatic rings. The highest BCUT2D eigenvalue weighted by Gasteiger charge is 2.35. The third-order valence-corrected chi connectivity index (χ3v) is 4.30. The van der Waals surface area contributed by atoms with Crippen LogP contribution in [0.15, 0.2) is 0 Å². The molecule has 1 saturated carbocycles. The first kappa shape index (κ1) is 17.4. The van der Waals surface area contributed by atoms with Crippen LogP contribution in [-0.4, -0.2) is 31.2 Å².